The maximum absolute atomic E-state index is 12.1. The van der Waals surface area contributed by atoms with E-state index in [1.54, 1.807) is 25.4 Å². The van der Waals surface area contributed by atoms with Gasteiger partial charge in [0.2, 0.25) is 0 Å². The predicted octanol–water partition coefficient (Wildman–Crippen LogP) is 1.15. The number of esters is 1. The predicted molar refractivity (Wildman–Crippen MR) is 85.7 cm³/mol. The van der Waals surface area contributed by atoms with Crippen molar-refractivity contribution in [3.8, 4) is 0 Å². The smallest absolute Gasteiger partial charge is 0.378 e. The summed E-state index contributed by atoms with van der Waals surface area (Å²) in [5.74, 6) is 0.441. The van der Waals surface area contributed by atoms with Crippen molar-refractivity contribution in [3.63, 3.8) is 0 Å². The summed E-state index contributed by atoms with van der Waals surface area (Å²) in [6.07, 6.45) is 1.57. The minimum Gasteiger partial charge on any atom is -0.464 e. The molecule has 0 fully saturated rings. The van der Waals surface area contributed by atoms with Crippen LogP contribution in [0.2, 0.25) is 0 Å². The Balaban J connectivity index is 1.59. The zero-order chi connectivity index (χ0) is 18.0. The third kappa shape index (κ3) is 3.65. The van der Waals surface area contributed by atoms with Crippen LogP contribution in [0.25, 0.3) is 5.78 Å². The van der Waals surface area contributed by atoms with Crippen LogP contribution in [0.4, 0.5) is 0 Å². The number of hydrogen-bond donors (Lipinski definition) is 0. The first-order valence-electron chi connectivity index (χ1n) is 7.59. The van der Waals surface area contributed by atoms with E-state index in [2.05, 4.69) is 15.1 Å². The highest BCUT2D eigenvalue weighted by Gasteiger charge is 2.19. The van der Waals surface area contributed by atoms with Gasteiger partial charge in [-0.2, -0.15) is 4.98 Å². The van der Waals surface area contributed by atoms with Gasteiger partial charge < -0.3 is 14.1 Å². The average Bonchev–Trinajstić information content (AvgIpc) is 3.19. The summed E-state index contributed by atoms with van der Waals surface area (Å²) in [6.45, 7) is 3.52. The number of carbonyl (C=O) groups excluding carboxylic acids is 2. The molecule has 25 heavy (non-hydrogen) atoms. The molecule has 0 unspecified atom stereocenters. The Bertz CT molecular complexity index is 930. The fourth-order valence-corrected chi connectivity index (χ4v) is 2.19. The molecular weight excluding hydrogens is 326 g/mol. The first-order chi connectivity index (χ1) is 11.9. The molecule has 0 N–H and O–H groups in total. The van der Waals surface area contributed by atoms with E-state index in [0.717, 1.165) is 11.5 Å². The van der Waals surface area contributed by atoms with Crippen LogP contribution in [-0.2, 0) is 16.1 Å². The van der Waals surface area contributed by atoms with E-state index in [-0.39, 0.29) is 11.7 Å². The van der Waals surface area contributed by atoms with Gasteiger partial charge >= 0.3 is 5.97 Å². The van der Waals surface area contributed by atoms with E-state index in [0.29, 0.717) is 18.1 Å². The number of likely N-dealkylation sites (N-methyl/N-ethyl adjacent to an activating group) is 1. The summed E-state index contributed by atoms with van der Waals surface area (Å²) >= 11 is 0. The molecule has 9 nitrogen and oxygen atoms in total. The second-order valence-corrected chi connectivity index (χ2v) is 5.57. The number of hydrogen-bond acceptors (Lipinski definition) is 7. The molecule has 0 aliphatic rings. The molecule has 0 atom stereocenters. The summed E-state index contributed by atoms with van der Waals surface area (Å²) < 4.78 is 11.8. The number of amides is 1. The van der Waals surface area contributed by atoms with Gasteiger partial charge in [0, 0.05) is 18.9 Å². The molecule has 3 rings (SSSR count). The number of nitrogens with zero attached hydrogens (tertiary/aromatic N) is 5. The number of rotatable bonds is 5. The largest absolute Gasteiger partial charge is 0.464 e. The molecule has 0 saturated carbocycles. The normalized spacial score (nSPS) is 10.8. The van der Waals surface area contributed by atoms with Gasteiger partial charge in [-0.3, -0.25) is 4.79 Å². The van der Waals surface area contributed by atoms with Crippen LogP contribution in [0.3, 0.4) is 0 Å². The minimum absolute atomic E-state index is 0.140. The van der Waals surface area contributed by atoms with E-state index in [1.165, 1.54) is 9.42 Å². The molecule has 0 radical (unpaired) electrons. The van der Waals surface area contributed by atoms with Crippen LogP contribution >= 0.6 is 0 Å². The molecule has 9 heteroatoms. The number of aromatic nitrogens is 4. The van der Waals surface area contributed by atoms with Crippen molar-refractivity contribution in [1.29, 1.82) is 0 Å². The highest BCUT2D eigenvalue weighted by Crippen LogP contribution is 2.09. The van der Waals surface area contributed by atoms with Gasteiger partial charge in [-0.05, 0) is 32.0 Å². The topological polar surface area (TPSA) is 103 Å². The lowest BCUT2D eigenvalue weighted by Crippen LogP contribution is -2.30. The number of fused-ring (bicyclic) bond motifs is 1. The molecule has 3 aromatic heterocycles. The Morgan fingerprint density at radius 1 is 1.28 bits per heavy atom. The lowest BCUT2D eigenvalue weighted by Gasteiger charge is -2.15. The first kappa shape index (κ1) is 16.6. The van der Waals surface area contributed by atoms with Crippen LogP contribution in [0.1, 0.15) is 27.8 Å². The number of carbonyl (C=O) groups is 2. The standard InChI is InChI=1S/C16H17N5O4/c1-10-6-7-17-16-18-14(19-21(10)16)15(23)24-9-13(22)20(3)8-12-5-4-11(2)25-12/h4-7H,8-9H2,1-3H3. The number of ether oxygens (including phenoxy) is 1. The highest BCUT2D eigenvalue weighted by atomic mass is 16.5. The van der Waals surface area contributed by atoms with E-state index in [4.69, 9.17) is 9.15 Å². The molecule has 130 valence electrons. The Hall–Kier alpha value is -3.23. The lowest BCUT2D eigenvalue weighted by molar-refractivity contribution is -0.134. The monoisotopic (exact) mass is 343 g/mol. The van der Waals surface area contributed by atoms with Gasteiger partial charge in [0.1, 0.15) is 11.5 Å². The van der Waals surface area contributed by atoms with E-state index in [1.807, 2.05) is 19.9 Å². The van der Waals surface area contributed by atoms with Gasteiger partial charge in [-0.25, -0.2) is 14.3 Å². The Kier molecular flexibility index (Phi) is 4.46. The van der Waals surface area contributed by atoms with Crippen LogP contribution in [0.5, 0.6) is 0 Å². The van der Waals surface area contributed by atoms with Crippen molar-refractivity contribution >= 4 is 17.7 Å². The third-order valence-corrected chi connectivity index (χ3v) is 3.55. The molecule has 3 heterocycles. The fraction of sp³-hybridized carbons (Fsp3) is 0.312. The summed E-state index contributed by atoms with van der Waals surface area (Å²) in [4.78, 5) is 33.5. The van der Waals surface area contributed by atoms with Gasteiger partial charge in [0.15, 0.2) is 6.61 Å². The van der Waals surface area contributed by atoms with E-state index < -0.39 is 12.6 Å². The SMILES string of the molecule is Cc1ccc(CN(C)C(=O)COC(=O)c2nc3nccc(C)n3n2)o1. The minimum atomic E-state index is -0.777. The van der Waals surface area contributed by atoms with E-state index in [9.17, 15) is 9.59 Å². The number of furan rings is 1. The van der Waals surface area contributed by atoms with Crippen LogP contribution in [0, 0.1) is 13.8 Å². The second kappa shape index (κ2) is 6.71. The van der Waals surface area contributed by atoms with Crippen molar-refractivity contribution in [1.82, 2.24) is 24.5 Å². The Labute approximate surface area is 143 Å². The molecule has 0 aromatic carbocycles. The van der Waals surface area contributed by atoms with Gasteiger partial charge in [-0.1, -0.05) is 0 Å². The molecule has 1 amide bonds. The maximum atomic E-state index is 12.1. The lowest BCUT2D eigenvalue weighted by atomic mass is 10.4. The highest BCUT2D eigenvalue weighted by molar-refractivity contribution is 5.88. The molecule has 0 bridgehead atoms. The van der Waals surface area contributed by atoms with Gasteiger partial charge in [0.25, 0.3) is 17.5 Å². The molecule has 3 aromatic rings. The van der Waals surface area contributed by atoms with Crippen LogP contribution in [-0.4, -0.2) is 50.0 Å². The zero-order valence-corrected chi connectivity index (χ0v) is 14.1. The van der Waals surface area contributed by atoms with E-state index >= 15 is 0 Å². The number of aryl methyl sites for hydroxylation is 2. The summed E-state index contributed by atoms with van der Waals surface area (Å²) in [7, 11) is 1.60. The zero-order valence-electron chi connectivity index (χ0n) is 14.1. The quantitative estimate of drug-likeness (QED) is 0.640. The summed E-state index contributed by atoms with van der Waals surface area (Å²) in [5.41, 5.74) is 0.779. The van der Waals surface area contributed by atoms with Crippen LogP contribution in [0.15, 0.2) is 28.8 Å². The van der Waals surface area contributed by atoms with Gasteiger partial charge in [0.05, 0.1) is 6.54 Å². The molecular formula is C16H17N5O4. The van der Waals surface area contributed by atoms with Crippen molar-refractivity contribution in [2.24, 2.45) is 0 Å². The average molecular weight is 343 g/mol. The summed E-state index contributed by atoms with van der Waals surface area (Å²) in [6, 6.07) is 5.35. The molecule has 0 aliphatic carbocycles. The van der Waals surface area contributed by atoms with Crippen molar-refractivity contribution in [3.05, 3.63) is 47.4 Å². The molecule has 0 saturated heterocycles. The Morgan fingerprint density at radius 3 is 2.76 bits per heavy atom. The second-order valence-electron chi connectivity index (χ2n) is 5.57. The first-order valence-corrected chi connectivity index (χ1v) is 7.59. The molecule has 0 spiro atoms. The van der Waals surface area contributed by atoms with Crippen molar-refractivity contribution < 1.29 is 18.7 Å². The third-order valence-electron chi connectivity index (χ3n) is 3.55. The Morgan fingerprint density at radius 2 is 2.08 bits per heavy atom. The van der Waals surface area contributed by atoms with Crippen LogP contribution < -0.4 is 0 Å². The van der Waals surface area contributed by atoms with Crippen molar-refractivity contribution in [2.75, 3.05) is 13.7 Å². The van der Waals surface area contributed by atoms with Crippen molar-refractivity contribution in [2.45, 2.75) is 20.4 Å². The molecule has 0 aliphatic heterocycles. The fourth-order valence-electron chi connectivity index (χ4n) is 2.19. The van der Waals surface area contributed by atoms with Gasteiger partial charge in [-0.15, -0.1) is 5.10 Å². The maximum Gasteiger partial charge on any atom is 0.378 e. The summed E-state index contributed by atoms with van der Waals surface area (Å²) in [5, 5.41) is 4.03.